The average Bonchev–Trinajstić information content (AvgIpc) is 3.55. The number of ether oxygens (including phenoxy) is 3. The molecule has 0 bridgehead atoms. The zero-order valence-electron chi connectivity index (χ0n) is 22.2. The Morgan fingerprint density at radius 2 is 1.81 bits per heavy atom. The molecule has 0 radical (unpaired) electrons. The lowest BCUT2D eigenvalue weighted by molar-refractivity contribution is -0.147. The van der Waals surface area contributed by atoms with E-state index in [-0.39, 0.29) is 37.4 Å². The van der Waals surface area contributed by atoms with E-state index in [0.29, 0.717) is 24.6 Å². The fraction of sp³-hybridized carbons (Fsp3) is 0.533. The van der Waals surface area contributed by atoms with Crippen LogP contribution in [0.25, 0.3) is 0 Å². The normalized spacial score (nSPS) is 22.6. The van der Waals surface area contributed by atoms with E-state index in [0.717, 1.165) is 24.0 Å². The summed E-state index contributed by atoms with van der Waals surface area (Å²) in [4.78, 5) is 27.1. The smallest absolute Gasteiger partial charge is 0.306 e. The molecule has 1 saturated heterocycles. The third-order valence-electron chi connectivity index (χ3n) is 8.01. The van der Waals surface area contributed by atoms with E-state index in [9.17, 15) is 14.7 Å². The minimum Gasteiger partial charge on any atom is -0.493 e. The molecule has 2 aromatic carbocycles. The number of likely N-dealkylation sites (tertiary alicyclic amines) is 1. The van der Waals surface area contributed by atoms with E-state index < -0.39 is 17.5 Å². The molecule has 0 spiro atoms. The van der Waals surface area contributed by atoms with Crippen molar-refractivity contribution in [3.8, 4) is 11.5 Å². The Labute approximate surface area is 219 Å². The number of benzene rings is 2. The minimum atomic E-state index is -0.632. The molecular weight excluding hydrogens is 470 g/mol. The number of hydrogen-bond donors (Lipinski definition) is 1. The van der Waals surface area contributed by atoms with Crippen LogP contribution in [0.1, 0.15) is 69.4 Å². The van der Waals surface area contributed by atoms with Crippen molar-refractivity contribution in [2.75, 3.05) is 20.2 Å². The number of hydrogen-bond acceptors (Lipinski definition) is 6. The highest BCUT2D eigenvalue weighted by molar-refractivity contribution is 5.81. The molecule has 1 aliphatic heterocycles. The van der Waals surface area contributed by atoms with Crippen LogP contribution in [0, 0.1) is 5.41 Å². The number of rotatable bonds is 10. The molecule has 1 aliphatic carbocycles. The summed E-state index contributed by atoms with van der Waals surface area (Å²) in [5.41, 5.74) is 1.38. The van der Waals surface area contributed by atoms with Gasteiger partial charge in [0.25, 0.3) is 0 Å². The van der Waals surface area contributed by atoms with Crippen LogP contribution in [0.2, 0.25) is 0 Å². The predicted molar refractivity (Wildman–Crippen MR) is 140 cm³/mol. The molecule has 2 aliphatic rings. The van der Waals surface area contributed by atoms with Crippen LogP contribution in [0.4, 0.5) is 0 Å². The van der Waals surface area contributed by atoms with Crippen molar-refractivity contribution >= 4 is 11.9 Å². The first-order valence-corrected chi connectivity index (χ1v) is 13.3. The van der Waals surface area contributed by atoms with Gasteiger partial charge < -0.3 is 24.2 Å². The van der Waals surface area contributed by atoms with Crippen molar-refractivity contribution in [2.24, 2.45) is 5.41 Å². The summed E-state index contributed by atoms with van der Waals surface area (Å²) in [6.45, 7) is 4.88. The van der Waals surface area contributed by atoms with Crippen LogP contribution in [0.3, 0.4) is 0 Å². The number of carbonyl (C=O) groups is 2. The zero-order chi connectivity index (χ0) is 26.4. The van der Waals surface area contributed by atoms with Crippen LogP contribution in [0.15, 0.2) is 48.5 Å². The monoisotopic (exact) mass is 509 g/mol. The predicted octanol–water partition coefficient (Wildman–Crippen LogP) is 4.85. The van der Waals surface area contributed by atoms with Gasteiger partial charge >= 0.3 is 5.97 Å². The van der Waals surface area contributed by atoms with Crippen molar-refractivity contribution in [2.45, 2.75) is 77.1 Å². The summed E-state index contributed by atoms with van der Waals surface area (Å²) >= 11 is 0. The summed E-state index contributed by atoms with van der Waals surface area (Å²) in [6.07, 6.45) is 4.09. The number of carbonyl (C=O) groups excluding carboxylic acids is 2. The summed E-state index contributed by atoms with van der Waals surface area (Å²) in [5.74, 6) is 0.815. The Bertz CT molecular complexity index is 1060. The standard InChI is InChI=1S/C30H39NO6/c1-21(32)30(2)20-31(28(33)15-16-29(34)36-19-22-9-5-4-6-10-22)18-25(30)23-13-14-26(35-3)27(17-23)37-24-11-7-8-12-24/h4-6,9-10,13-14,17,21,24-25,32H,7-8,11-12,15-16,18-20H2,1-3H3. The summed E-state index contributed by atoms with van der Waals surface area (Å²) in [5, 5.41) is 10.8. The molecule has 200 valence electrons. The number of amides is 1. The minimum absolute atomic E-state index is 0.0279. The van der Waals surface area contributed by atoms with Crippen molar-refractivity contribution in [1.82, 2.24) is 4.90 Å². The van der Waals surface area contributed by atoms with Crippen LogP contribution in [0.5, 0.6) is 11.5 Å². The molecule has 1 heterocycles. The lowest BCUT2D eigenvalue weighted by Crippen LogP contribution is -2.38. The Morgan fingerprint density at radius 1 is 1.08 bits per heavy atom. The van der Waals surface area contributed by atoms with Crippen LogP contribution in [-0.2, 0) is 20.9 Å². The Morgan fingerprint density at radius 3 is 2.49 bits per heavy atom. The van der Waals surface area contributed by atoms with E-state index in [1.165, 1.54) is 12.8 Å². The first kappa shape index (κ1) is 27.0. The van der Waals surface area contributed by atoms with Crippen molar-refractivity contribution in [3.05, 3.63) is 59.7 Å². The lowest BCUT2D eigenvalue weighted by atomic mass is 9.72. The maximum Gasteiger partial charge on any atom is 0.306 e. The highest BCUT2D eigenvalue weighted by Crippen LogP contribution is 2.47. The van der Waals surface area contributed by atoms with Crippen LogP contribution >= 0.6 is 0 Å². The molecule has 2 aromatic rings. The fourth-order valence-corrected chi connectivity index (χ4v) is 5.48. The quantitative estimate of drug-likeness (QED) is 0.461. The molecule has 0 aromatic heterocycles. The number of esters is 1. The van der Waals surface area contributed by atoms with E-state index in [1.807, 2.05) is 55.5 Å². The van der Waals surface area contributed by atoms with Gasteiger partial charge in [-0.05, 0) is 55.9 Å². The largest absolute Gasteiger partial charge is 0.493 e. The molecule has 3 unspecified atom stereocenters. The maximum absolute atomic E-state index is 13.1. The van der Waals surface area contributed by atoms with Gasteiger partial charge in [0.15, 0.2) is 11.5 Å². The Hall–Kier alpha value is -3.06. The SMILES string of the molecule is COc1ccc(C2CN(C(=O)CCC(=O)OCc3ccccc3)CC2(C)C(C)O)cc1OC1CCCC1. The van der Waals surface area contributed by atoms with Crippen LogP contribution in [-0.4, -0.2) is 54.3 Å². The second kappa shape index (κ2) is 12.0. The zero-order valence-corrected chi connectivity index (χ0v) is 22.2. The third-order valence-corrected chi connectivity index (χ3v) is 8.01. The van der Waals surface area contributed by atoms with Gasteiger partial charge in [-0.1, -0.05) is 43.3 Å². The third kappa shape index (κ3) is 6.45. The van der Waals surface area contributed by atoms with Gasteiger partial charge in [0.05, 0.1) is 25.7 Å². The van der Waals surface area contributed by atoms with Gasteiger partial charge in [-0.3, -0.25) is 9.59 Å². The number of nitrogens with zero attached hydrogens (tertiary/aromatic N) is 1. The van der Waals surface area contributed by atoms with E-state index in [1.54, 1.807) is 18.9 Å². The van der Waals surface area contributed by atoms with E-state index in [4.69, 9.17) is 14.2 Å². The van der Waals surface area contributed by atoms with Crippen LogP contribution < -0.4 is 9.47 Å². The van der Waals surface area contributed by atoms with Gasteiger partial charge in [0.2, 0.25) is 5.91 Å². The molecule has 1 N–H and O–H groups in total. The molecule has 7 nitrogen and oxygen atoms in total. The Kier molecular flexibility index (Phi) is 8.75. The molecule has 1 amide bonds. The summed E-state index contributed by atoms with van der Waals surface area (Å²) in [7, 11) is 1.64. The summed E-state index contributed by atoms with van der Waals surface area (Å²) in [6, 6.07) is 15.4. The number of aliphatic hydroxyl groups excluding tert-OH is 1. The average molecular weight is 510 g/mol. The second-order valence-electron chi connectivity index (χ2n) is 10.6. The first-order valence-electron chi connectivity index (χ1n) is 13.3. The van der Waals surface area contributed by atoms with Gasteiger partial charge in [-0.2, -0.15) is 0 Å². The van der Waals surface area contributed by atoms with Gasteiger partial charge in [-0.15, -0.1) is 0 Å². The van der Waals surface area contributed by atoms with Crippen molar-refractivity contribution < 1.29 is 28.9 Å². The Balaban J connectivity index is 1.41. The van der Waals surface area contributed by atoms with Gasteiger partial charge in [-0.25, -0.2) is 0 Å². The molecular formula is C30H39NO6. The highest BCUT2D eigenvalue weighted by Gasteiger charge is 2.48. The number of aliphatic hydroxyl groups is 1. The molecule has 37 heavy (non-hydrogen) atoms. The van der Waals surface area contributed by atoms with E-state index in [2.05, 4.69) is 0 Å². The van der Waals surface area contributed by atoms with Gasteiger partial charge in [0.1, 0.15) is 6.61 Å². The summed E-state index contributed by atoms with van der Waals surface area (Å²) < 4.78 is 17.2. The molecule has 4 rings (SSSR count). The van der Waals surface area contributed by atoms with Crippen molar-refractivity contribution in [1.29, 1.82) is 0 Å². The highest BCUT2D eigenvalue weighted by atomic mass is 16.5. The fourth-order valence-electron chi connectivity index (χ4n) is 5.48. The second-order valence-corrected chi connectivity index (χ2v) is 10.6. The van der Waals surface area contributed by atoms with Gasteiger partial charge in [0, 0.05) is 30.8 Å². The lowest BCUT2D eigenvalue weighted by Gasteiger charge is -2.34. The first-order chi connectivity index (χ1) is 17.8. The number of methoxy groups -OCH3 is 1. The van der Waals surface area contributed by atoms with Crippen molar-refractivity contribution in [3.63, 3.8) is 0 Å². The van der Waals surface area contributed by atoms with E-state index >= 15 is 0 Å². The maximum atomic E-state index is 13.1. The molecule has 3 atom stereocenters. The molecule has 7 heteroatoms. The molecule has 1 saturated carbocycles. The molecule has 2 fully saturated rings. The topological polar surface area (TPSA) is 85.3 Å².